The largest absolute Gasteiger partial charge is 0.367 e. The SMILES string of the molecule is Cc1ccccc1C1CC(c2ccccc2Cl)=NN1C(=O)CN1CCN(c2ccccc2F)CC1. The highest BCUT2D eigenvalue weighted by molar-refractivity contribution is 6.34. The Morgan fingerprint density at radius 3 is 2.40 bits per heavy atom. The average Bonchev–Trinajstić information content (AvgIpc) is 3.31. The van der Waals surface area contributed by atoms with Gasteiger partial charge in [0.25, 0.3) is 5.91 Å². The van der Waals surface area contributed by atoms with E-state index in [1.165, 1.54) is 6.07 Å². The quantitative estimate of drug-likeness (QED) is 0.488. The van der Waals surface area contributed by atoms with Crippen LogP contribution in [0.15, 0.2) is 77.9 Å². The molecule has 0 aliphatic carbocycles. The molecule has 7 heteroatoms. The van der Waals surface area contributed by atoms with E-state index in [0.29, 0.717) is 43.3 Å². The summed E-state index contributed by atoms with van der Waals surface area (Å²) in [6.07, 6.45) is 0.612. The van der Waals surface area contributed by atoms with Gasteiger partial charge in [0.1, 0.15) is 5.82 Å². The summed E-state index contributed by atoms with van der Waals surface area (Å²) in [5.74, 6) is -0.253. The van der Waals surface area contributed by atoms with Crippen LogP contribution in [0.25, 0.3) is 0 Å². The minimum absolute atomic E-state index is 0.0420. The van der Waals surface area contributed by atoms with E-state index in [1.807, 2.05) is 47.4 Å². The zero-order valence-electron chi connectivity index (χ0n) is 19.7. The Morgan fingerprint density at radius 2 is 1.66 bits per heavy atom. The van der Waals surface area contributed by atoms with Crippen molar-refractivity contribution in [3.8, 4) is 0 Å². The molecule has 2 aliphatic rings. The van der Waals surface area contributed by atoms with Crippen LogP contribution in [-0.2, 0) is 4.79 Å². The Labute approximate surface area is 210 Å². The van der Waals surface area contributed by atoms with E-state index < -0.39 is 0 Å². The van der Waals surface area contributed by atoms with Crippen molar-refractivity contribution in [3.05, 3.63) is 100 Å². The standard InChI is InChI=1S/C28H28ClFN4O/c1-20-8-2-3-9-21(20)27-18-25(22-10-4-5-11-23(22)29)31-34(27)28(35)19-32-14-16-33(17-15-32)26-13-7-6-12-24(26)30/h2-13,27H,14-19H2,1H3. The second-order valence-electron chi connectivity index (χ2n) is 9.06. The summed E-state index contributed by atoms with van der Waals surface area (Å²) < 4.78 is 14.2. The van der Waals surface area contributed by atoms with Gasteiger partial charge in [0.15, 0.2) is 0 Å². The molecule has 180 valence electrons. The first-order chi connectivity index (χ1) is 17.0. The summed E-state index contributed by atoms with van der Waals surface area (Å²) >= 11 is 6.46. The summed E-state index contributed by atoms with van der Waals surface area (Å²) in [6, 6.07) is 22.4. The van der Waals surface area contributed by atoms with E-state index in [9.17, 15) is 9.18 Å². The fraction of sp³-hybridized carbons (Fsp3) is 0.286. The molecule has 35 heavy (non-hydrogen) atoms. The van der Waals surface area contributed by atoms with Crippen LogP contribution in [0.3, 0.4) is 0 Å². The highest BCUT2D eigenvalue weighted by atomic mass is 35.5. The third-order valence-corrected chi connectivity index (χ3v) is 7.15. The molecule has 1 fully saturated rings. The minimum Gasteiger partial charge on any atom is -0.367 e. The number of hydrazone groups is 1. The van der Waals surface area contributed by atoms with Gasteiger partial charge in [0, 0.05) is 43.2 Å². The molecule has 2 aliphatic heterocycles. The van der Waals surface area contributed by atoms with Gasteiger partial charge in [-0.3, -0.25) is 9.69 Å². The number of rotatable bonds is 5. The summed E-state index contributed by atoms with van der Waals surface area (Å²) in [7, 11) is 0. The van der Waals surface area contributed by atoms with E-state index in [2.05, 4.69) is 24.0 Å². The van der Waals surface area contributed by atoms with E-state index in [1.54, 1.807) is 17.1 Å². The van der Waals surface area contributed by atoms with Gasteiger partial charge in [-0.2, -0.15) is 5.10 Å². The first-order valence-corrected chi connectivity index (χ1v) is 12.3. The molecule has 0 N–H and O–H groups in total. The number of para-hydroxylation sites is 1. The van der Waals surface area contributed by atoms with Crippen molar-refractivity contribution < 1.29 is 9.18 Å². The molecular formula is C28H28ClFN4O. The Kier molecular flexibility index (Phi) is 6.84. The zero-order valence-corrected chi connectivity index (χ0v) is 20.5. The van der Waals surface area contributed by atoms with Gasteiger partial charge < -0.3 is 4.90 Å². The van der Waals surface area contributed by atoms with Crippen LogP contribution in [0.2, 0.25) is 5.02 Å². The van der Waals surface area contributed by atoms with Crippen LogP contribution in [0.1, 0.15) is 29.2 Å². The molecule has 5 nitrogen and oxygen atoms in total. The van der Waals surface area contributed by atoms with Gasteiger partial charge in [-0.25, -0.2) is 9.40 Å². The molecule has 3 aromatic carbocycles. The fourth-order valence-corrected chi connectivity index (χ4v) is 5.16. The lowest BCUT2D eigenvalue weighted by atomic mass is 9.95. The number of halogens is 2. The molecule has 1 saturated heterocycles. The summed E-state index contributed by atoms with van der Waals surface area (Å²) in [6.45, 7) is 5.04. The lowest BCUT2D eigenvalue weighted by Crippen LogP contribution is -2.49. The summed E-state index contributed by atoms with van der Waals surface area (Å²) in [5.41, 5.74) is 4.52. The van der Waals surface area contributed by atoms with Crippen molar-refractivity contribution in [1.82, 2.24) is 9.91 Å². The Hall–Kier alpha value is -3.22. The predicted molar refractivity (Wildman–Crippen MR) is 138 cm³/mol. The number of amides is 1. The molecule has 0 spiro atoms. The molecule has 0 saturated carbocycles. The Balaban J connectivity index is 1.33. The van der Waals surface area contributed by atoms with Crippen LogP contribution in [-0.4, -0.2) is 54.3 Å². The number of hydrogen-bond acceptors (Lipinski definition) is 4. The molecule has 0 radical (unpaired) electrons. The molecule has 1 unspecified atom stereocenters. The monoisotopic (exact) mass is 490 g/mol. The minimum atomic E-state index is -0.211. The van der Waals surface area contributed by atoms with Gasteiger partial charge in [-0.05, 0) is 36.2 Å². The van der Waals surface area contributed by atoms with Crippen LogP contribution in [0, 0.1) is 12.7 Å². The number of nitrogens with zero attached hydrogens (tertiary/aromatic N) is 4. The topological polar surface area (TPSA) is 39.2 Å². The van der Waals surface area contributed by atoms with Crippen molar-refractivity contribution in [2.45, 2.75) is 19.4 Å². The number of hydrogen-bond donors (Lipinski definition) is 0. The van der Waals surface area contributed by atoms with Crippen molar-refractivity contribution in [2.75, 3.05) is 37.6 Å². The van der Waals surface area contributed by atoms with Gasteiger partial charge in [-0.1, -0.05) is 66.2 Å². The van der Waals surface area contributed by atoms with Crippen molar-refractivity contribution in [2.24, 2.45) is 5.10 Å². The van der Waals surface area contributed by atoms with Crippen LogP contribution in [0.4, 0.5) is 10.1 Å². The molecule has 1 atom stereocenters. The van der Waals surface area contributed by atoms with Crippen LogP contribution < -0.4 is 4.90 Å². The normalized spacial score (nSPS) is 18.6. The number of carbonyl (C=O) groups excluding carboxylic acids is 1. The number of carbonyl (C=O) groups is 1. The number of piperazine rings is 1. The van der Waals surface area contributed by atoms with Gasteiger partial charge in [0.2, 0.25) is 0 Å². The lowest BCUT2D eigenvalue weighted by Gasteiger charge is -2.36. The number of aryl methyl sites for hydroxylation is 1. The van der Waals surface area contributed by atoms with E-state index in [0.717, 1.165) is 22.4 Å². The maximum atomic E-state index is 14.2. The van der Waals surface area contributed by atoms with E-state index >= 15 is 0 Å². The smallest absolute Gasteiger partial charge is 0.257 e. The van der Waals surface area contributed by atoms with Crippen LogP contribution in [0.5, 0.6) is 0 Å². The Morgan fingerprint density at radius 1 is 0.971 bits per heavy atom. The molecule has 0 aromatic heterocycles. The maximum Gasteiger partial charge on any atom is 0.257 e. The molecule has 1 amide bonds. The molecule has 3 aromatic rings. The third-order valence-electron chi connectivity index (χ3n) is 6.82. The number of benzene rings is 3. The third kappa shape index (κ3) is 4.95. The van der Waals surface area contributed by atoms with Gasteiger partial charge in [-0.15, -0.1) is 0 Å². The van der Waals surface area contributed by atoms with Crippen molar-refractivity contribution in [1.29, 1.82) is 0 Å². The first-order valence-electron chi connectivity index (χ1n) is 11.9. The molecule has 0 bridgehead atoms. The zero-order chi connectivity index (χ0) is 24.4. The lowest BCUT2D eigenvalue weighted by molar-refractivity contribution is -0.134. The second kappa shape index (κ2) is 10.2. The molecule has 5 rings (SSSR count). The summed E-state index contributed by atoms with van der Waals surface area (Å²) in [4.78, 5) is 17.7. The van der Waals surface area contributed by atoms with Crippen molar-refractivity contribution in [3.63, 3.8) is 0 Å². The molecular weight excluding hydrogens is 463 g/mol. The summed E-state index contributed by atoms with van der Waals surface area (Å²) in [5, 5.41) is 7.06. The first kappa shape index (κ1) is 23.5. The van der Waals surface area contributed by atoms with Crippen molar-refractivity contribution >= 4 is 28.9 Å². The van der Waals surface area contributed by atoms with Gasteiger partial charge >= 0.3 is 0 Å². The molecule has 2 heterocycles. The number of anilines is 1. The maximum absolute atomic E-state index is 14.2. The highest BCUT2D eigenvalue weighted by Gasteiger charge is 2.35. The average molecular weight is 491 g/mol. The van der Waals surface area contributed by atoms with Crippen LogP contribution >= 0.6 is 11.6 Å². The second-order valence-corrected chi connectivity index (χ2v) is 9.46. The highest BCUT2D eigenvalue weighted by Crippen LogP contribution is 2.36. The fourth-order valence-electron chi connectivity index (χ4n) is 4.92. The predicted octanol–water partition coefficient (Wildman–Crippen LogP) is 5.29. The van der Waals surface area contributed by atoms with E-state index in [-0.39, 0.29) is 24.3 Å². The Bertz CT molecular complexity index is 1250. The van der Waals surface area contributed by atoms with Gasteiger partial charge in [0.05, 0.1) is 24.0 Å². The van der Waals surface area contributed by atoms with E-state index in [4.69, 9.17) is 16.7 Å².